The second kappa shape index (κ2) is 7.71. The first kappa shape index (κ1) is 18.3. The molecule has 0 heterocycles. The van der Waals surface area contributed by atoms with Crippen molar-refractivity contribution >= 4 is 24.0 Å². The fourth-order valence-corrected chi connectivity index (χ4v) is 2.82. The first-order valence-electron chi connectivity index (χ1n) is 8.23. The van der Waals surface area contributed by atoms with Crippen molar-refractivity contribution in [1.29, 1.82) is 0 Å². The van der Waals surface area contributed by atoms with E-state index in [9.17, 15) is 4.79 Å². The Morgan fingerprint density at radius 2 is 1.67 bits per heavy atom. The molecule has 0 bridgehead atoms. The van der Waals surface area contributed by atoms with Gasteiger partial charge in [0.25, 0.3) is 0 Å². The van der Waals surface area contributed by atoms with Crippen molar-refractivity contribution < 1.29 is 4.79 Å². The molecule has 3 nitrogen and oxygen atoms in total. The highest BCUT2D eigenvalue weighted by molar-refractivity contribution is 5.85. The number of carbonyl (C=O) groups is 1. The van der Waals surface area contributed by atoms with Gasteiger partial charge < -0.3 is 10.6 Å². The number of halogens is 1. The zero-order chi connectivity index (χ0) is 16.4. The Morgan fingerprint density at radius 3 is 2.25 bits per heavy atom. The predicted molar refractivity (Wildman–Crippen MR) is 101 cm³/mol. The van der Waals surface area contributed by atoms with Crippen molar-refractivity contribution in [2.45, 2.75) is 45.7 Å². The molecule has 128 valence electrons. The number of nitrogens with zero attached hydrogens (tertiary/aromatic N) is 1. The molecule has 0 radical (unpaired) electrons. The van der Waals surface area contributed by atoms with Crippen LogP contribution in [-0.2, 0) is 17.8 Å². The van der Waals surface area contributed by atoms with Gasteiger partial charge in [-0.25, -0.2) is 0 Å². The number of hydrogen-bond acceptors (Lipinski definition) is 2. The predicted octanol–water partition coefficient (Wildman–Crippen LogP) is 4.04. The van der Waals surface area contributed by atoms with Crippen LogP contribution in [-0.4, -0.2) is 16.8 Å². The zero-order valence-electron chi connectivity index (χ0n) is 14.3. The molecule has 24 heavy (non-hydrogen) atoms. The largest absolute Gasteiger partial charge is 0.399 e. The van der Waals surface area contributed by atoms with Crippen molar-refractivity contribution in [2.75, 3.05) is 5.73 Å². The van der Waals surface area contributed by atoms with Crippen molar-refractivity contribution in [3.8, 4) is 0 Å². The number of carbonyl (C=O) groups excluding carboxylic acids is 1. The van der Waals surface area contributed by atoms with E-state index in [1.54, 1.807) is 0 Å². The maximum Gasteiger partial charge on any atom is 0.227 e. The van der Waals surface area contributed by atoms with Gasteiger partial charge in [-0.3, -0.25) is 4.79 Å². The molecule has 1 aliphatic rings. The van der Waals surface area contributed by atoms with Gasteiger partial charge in [-0.05, 0) is 61.1 Å². The van der Waals surface area contributed by atoms with Crippen LogP contribution >= 0.6 is 12.4 Å². The standard InChI is InChI=1S/C20H24N2O.ClH/c1-14-3-4-17(11-15(14)2)13-22(19-9-10-19)20(23)12-16-5-7-18(21)8-6-16;/h3-8,11,19H,9-10,12-13,21H2,1-2H3;1H. The lowest BCUT2D eigenvalue weighted by molar-refractivity contribution is -0.131. The van der Waals surface area contributed by atoms with Gasteiger partial charge >= 0.3 is 0 Å². The Bertz CT molecular complexity index is 708. The molecule has 0 unspecified atom stereocenters. The molecule has 0 spiro atoms. The van der Waals surface area contributed by atoms with Crippen molar-refractivity contribution in [2.24, 2.45) is 0 Å². The van der Waals surface area contributed by atoms with E-state index in [1.165, 1.54) is 16.7 Å². The van der Waals surface area contributed by atoms with Crippen LogP contribution in [0.4, 0.5) is 5.69 Å². The van der Waals surface area contributed by atoms with Crippen LogP contribution in [0.3, 0.4) is 0 Å². The van der Waals surface area contributed by atoms with E-state index in [-0.39, 0.29) is 18.3 Å². The van der Waals surface area contributed by atoms with Crippen LogP contribution in [0.2, 0.25) is 0 Å². The first-order chi connectivity index (χ1) is 11.0. The monoisotopic (exact) mass is 344 g/mol. The minimum atomic E-state index is 0. The molecule has 4 heteroatoms. The lowest BCUT2D eigenvalue weighted by Gasteiger charge is -2.23. The third-order valence-electron chi connectivity index (χ3n) is 4.57. The van der Waals surface area contributed by atoms with Gasteiger partial charge in [0.05, 0.1) is 6.42 Å². The number of aryl methyl sites for hydroxylation is 2. The number of rotatable bonds is 5. The Hall–Kier alpha value is -2.00. The number of benzene rings is 2. The van der Waals surface area contributed by atoms with Gasteiger partial charge in [0.15, 0.2) is 0 Å². The quantitative estimate of drug-likeness (QED) is 0.832. The van der Waals surface area contributed by atoms with E-state index in [4.69, 9.17) is 5.73 Å². The van der Waals surface area contributed by atoms with Crippen molar-refractivity contribution in [1.82, 2.24) is 4.90 Å². The normalized spacial score (nSPS) is 13.2. The topological polar surface area (TPSA) is 46.3 Å². The molecule has 2 aromatic carbocycles. The summed E-state index contributed by atoms with van der Waals surface area (Å²) in [4.78, 5) is 14.8. The number of anilines is 1. The average Bonchev–Trinajstić information content (AvgIpc) is 3.35. The van der Waals surface area contributed by atoms with Crippen LogP contribution in [0.5, 0.6) is 0 Å². The number of amides is 1. The summed E-state index contributed by atoms with van der Waals surface area (Å²) < 4.78 is 0. The summed E-state index contributed by atoms with van der Waals surface area (Å²) >= 11 is 0. The van der Waals surface area contributed by atoms with Gasteiger partial charge in [0.2, 0.25) is 5.91 Å². The Labute approximate surface area is 150 Å². The third kappa shape index (κ3) is 4.51. The fourth-order valence-electron chi connectivity index (χ4n) is 2.82. The molecule has 0 aliphatic heterocycles. The smallest absolute Gasteiger partial charge is 0.227 e. The summed E-state index contributed by atoms with van der Waals surface area (Å²) in [6.07, 6.45) is 2.69. The van der Waals surface area contributed by atoms with E-state index in [0.29, 0.717) is 19.0 Å². The number of hydrogen-bond donors (Lipinski definition) is 1. The first-order valence-corrected chi connectivity index (χ1v) is 8.23. The summed E-state index contributed by atoms with van der Waals surface area (Å²) in [6, 6.07) is 14.5. The van der Waals surface area contributed by atoms with Crippen LogP contribution < -0.4 is 5.73 Å². The molecule has 0 saturated heterocycles. The molecule has 1 aliphatic carbocycles. The maximum absolute atomic E-state index is 12.7. The SMILES string of the molecule is Cc1ccc(CN(C(=O)Cc2ccc(N)cc2)C2CC2)cc1C.Cl. The van der Waals surface area contributed by atoms with E-state index in [2.05, 4.69) is 32.0 Å². The molecule has 0 atom stereocenters. The highest BCUT2D eigenvalue weighted by Gasteiger charge is 2.32. The summed E-state index contributed by atoms with van der Waals surface area (Å²) in [7, 11) is 0. The average molecular weight is 345 g/mol. The fraction of sp³-hybridized carbons (Fsp3) is 0.350. The van der Waals surface area contributed by atoms with Crippen LogP contribution in [0.25, 0.3) is 0 Å². The van der Waals surface area contributed by atoms with E-state index in [1.807, 2.05) is 29.2 Å². The summed E-state index contributed by atoms with van der Waals surface area (Å²) in [5.74, 6) is 0.204. The van der Waals surface area contributed by atoms with Crippen LogP contribution in [0.15, 0.2) is 42.5 Å². The third-order valence-corrected chi connectivity index (χ3v) is 4.57. The molecule has 1 saturated carbocycles. The molecular weight excluding hydrogens is 320 g/mol. The molecule has 1 amide bonds. The summed E-state index contributed by atoms with van der Waals surface area (Å²) in [6.45, 7) is 4.94. The van der Waals surface area contributed by atoms with Crippen molar-refractivity contribution in [3.63, 3.8) is 0 Å². The molecule has 2 N–H and O–H groups in total. The lowest BCUT2D eigenvalue weighted by atomic mass is 10.1. The molecular formula is C20H25ClN2O. The minimum absolute atomic E-state index is 0. The zero-order valence-corrected chi connectivity index (χ0v) is 15.1. The van der Waals surface area contributed by atoms with Gasteiger partial charge in [-0.2, -0.15) is 0 Å². The van der Waals surface area contributed by atoms with Crippen LogP contribution in [0, 0.1) is 13.8 Å². The van der Waals surface area contributed by atoms with E-state index >= 15 is 0 Å². The summed E-state index contributed by atoms with van der Waals surface area (Å²) in [5, 5.41) is 0. The summed E-state index contributed by atoms with van der Waals surface area (Å²) in [5.41, 5.74) is 11.3. The van der Waals surface area contributed by atoms with Crippen molar-refractivity contribution in [3.05, 3.63) is 64.7 Å². The lowest BCUT2D eigenvalue weighted by Crippen LogP contribution is -2.33. The van der Waals surface area contributed by atoms with Gasteiger partial charge in [-0.15, -0.1) is 12.4 Å². The van der Waals surface area contributed by atoms with Crippen LogP contribution in [0.1, 0.15) is 35.1 Å². The maximum atomic E-state index is 12.7. The molecule has 0 aromatic heterocycles. The van der Waals surface area contributed by atoms with E-state index < -0.39 is 0 Å². The minimum Gasteiger partial charge on any atom is -0.399 e. The van der Waals surface area contributed by atoms with Gasteiger partial charge in [0, 0.05) is 18.3 Å². The van der Waals surface area contributed by atoms with Gasteiger partial charge in [0.1, 0.15) is 0 Å². The Kier molecular flexibility index (Phi) is 5.89. The second-order valence-corrected chi connectivity index (χ2v) is 6.59. The molecule has 2 aromatic rings. The van der Waals surface area contributed by atoms with E-state index in [0.717, 1.165) is 24.1 Å². The molecule has 1 fully saturated rings. The van der Waals surface area contributed by atoms with Gasteiger partial charge in [-0.1, -0.05) is 30.3 Å². The number of nitrogen functional groups attached to an aromatic ring is 1. The second-order valence-electron chi connectivity index (χ2n) is 6.59. The molecule has 3 rings (SSSR count). The highest BCUT2D eigenvalue weighted by Crippen LogP contribution is 2.29. The Balaban J connectivity index is 0.00000208. The Morgan fingerprint density at radius 1 is 1.04 bits per heavy atom. The highest BCUT2D eigenvalue weighted by atomic mass is 35.5. The number of nitrogens with two attached hydrogens (primary N) is 1.